The molecule has 0 bridgehead atoms. The number of tetrazole rings is 1. The summed E-state index contributed by atoms with van der Waals surface area (Å²) in [6, 6.07) is 11.1. The van der Waals surface area contributed by atoms with Gasteiger partial charge < -0.3 is 4.90 Å². The lowest BCUT2D eigenvalue weighted by Gasteiger charge is -2.40. The molecule has 1 aliphatic rings. The number of aromatic nitrogens is 4. The molecule has 148 valence electrons. The summed E-state index contributed by atoms with van der Waals surface area (Å²) in [5, 5.41) is 14.7. The van der Waals surface area contributed by atoms with Crippen LogP contribution in [0.4, 0.5) is 5.69 Å². The van der Waals surface area contributed by atoms with Crippen LogP contribution in [0.1, 0.15) is 41.2 Å². The molecule has 6 nitrogen and oxygen atoms in total. The Labute approximate surface area is 170 Å². The Morgan fingerprint density at radius 2 is 1.89 bits per heavy atom. The Morgan fingerprint density at radius 3 is 2.61 bits per heavy atom. The van der Waals surface area contributed by atoms with Crippen LogP contribution in [0.5, 0.6) is 0 Å². The summed E-state index contributed by atoms with van der Waals surface area (Å²) in [6.07, 6.45) is 1.01. The standard InChI is InChI=1S/C21H28N6S/c1-4-19(21-22-23-24-27(21)15-18-8-6-14-28-18)25-10-12-26(13-11-25)20-9-5-7-16(2)17(20)3/h5-9,14,19H,4,10-13,15H2,1-3H3. The molecule has 1 fully saturated rings. The third kappa shape index (κ3) is 3.82. The van der Waals surface area contributed by atoms with Gasteiger partial charge in [-0.1, -0.05) is 25.1 Å². The number of anilines is 1. The van der Waals surface area contributed by atoms with Gasteiger partial charge in [0.2, 0.25) is 0 Å². The van der Waals surface area contributed by atoms with Crippen molar-refractivity contribution in [2.45, 2.75) is 39.8 Å². The van der Waals surface area contributed by atoms with Crippen molar-refractivity contribution in [3.8, 4) is 0 Å². The van der Waals surface area contributed by atoms with Gasteiger partial charge in [-0.3, -0.25) is 4.90 Å². The molecule has 1 saturated heterocycles. The fourth-order valence-electron chi connectivity index (χ4n) is 4.07. The highest BCUT2D eigenvalue weighted by atomic mass is 32.1. The molecule has 3 aromatic rings. The largest absolute Gasteiger partial charge is 0.369 e. The molecule has 7 heteroatoms. The van der Waals surface area contributed by atoms with Gasteiger partial charge in [-0.15, -0.1) is 16.4 Å². The first-order chi connectivity index (χ1) is 13.7. The van der Waals surface area contributed by atoms with Gasteiger partial charge in [-0.05, 0) is 59.3 Å². The first-order valence-electron chi connectivity index (χ1n) is 10.0. The summed E-state index contributed by atoms with van der Waals surface area (Å²) in [6.45, 7) is 11.5. The summed E-state index contributed by atoms with van der Waals surface area (Å²) < 4.78 is 1.97. The second kappa shape index (κ2) is 8.41. The van der Waals surface area contributed by atoms with Crippen LogP contribution in [0.3, 0.4) is 0 Å². The molecule has 4 rings (SSSR count). The molecule has 1 aromatic carbocycles. The number of rotatable bonds is 6. The summed E-state index contributed by atoms with van der Waals surface area (Å²) in [5.74, 6) is 0.982. The van der Waals surface area contributed by atoms with Crippen LogP contribution in [0, 0.1) is 13.8 Å². The fraction of sp³-hybridized carbons (Fsp3) is 0.476. The van der Waals surface area contributed by atoms with Gasteiger partial charge in [-0.25, -0.2) is 4.68 Å². The second-order valence-corrected chi connectivity index (χ2v) is 8.47. The number of hydrogen-bond donors (Lipinski definition) is 0. The van der Waals surface area contributed by atoms with Gasteiger partial charge in [0.25, 0.3) is 0 Å². The van der Waals surface area contributed by atoms with Gasteiger partial charge in [0, 0.05) is 36.7 Å². The summed E-state index contributed by atoms with van der Waals surface area (Å²) in [4.78, 5) is 6.33. The third-order valence-corrected chi connectivity index (χ3v) is 6.66. The molecule has 2 aromatic heterocycles. The lowest BCUT2D eigenvalue weighted by Crippen LogP contribution is -2.48. The van der Waals surface area contributed by atoms with E-state index in [9.17, 15) is 0 Å². The van der Waals surface area contributed by atoms with Crippen molar-refractivity contribution in [2.75, 3.05) is 31.1 Å². The zero-order valence-corrected chi connectivity index (χ0v) is 17.7. The Hall–Kier alpha value is -2.25. The maximum absolute atomic E-state index is 4.40. The van der Waals surface area contributed by atoms with Crippen LogP contribution in [0.25, 0.3) is 0 Å². The summed E-state index contributed by atoms with van der Waals surface area (Å²) in [7, 11) is 0. The van der Waals surface area contributed by atoms with E-state index in [4.69, 9.17) is 0 Å². The van der Waals surface area contributed by atoms with E-state index in [0.717, 1.165) is 45.0 Å². The highest BCUT2D eigenvalue weighted by Gasteiger charge is 2.28. The molecule has 1 aliphatic heterocycles. The lowest BCUT2D eigenvalue weighted by atomic mass is 10.1. The van der Waals surface area contributed by atoms with E-state index in [1.165, 1.54) is 21.7 Å². The van der Waals surface area contributed by atoms with Crippen molar-refractivity contribution in [2.24, 2.45) is 0 Å². The average molecular weight is 397 g/mol. The molecule has 0 amide bonds. The van der Waals surface area contributed by atoms with Crippen molar-refractivity contribution in [3.63, 3.8) is 0 Å². The zero-order chi connectivity index (χ0) is 19.5. The van der Waals surface area contributed by atoms with E-state index in [1.54, 1.807) is 11.3 Å². The minimum atomic E-state index is 0.260. The van der Waals surface area contributed by atoms with E-state index in [-0.39, 0.29) is 6.04 Å². The Balaban J connectivity index is 1.46. The average Bonchev–Trinajstić information content (AvgIpc) is 3.38. The van der Waals surface area contributed by atoms with E-state index in [0.29, 0.717) is 0 Å². The third-order valence-electron chi connectivity index (χ3n) is 5.80. The molecule has 28 heavy (non-hydrogen) atoms. The van der Waals surface area contributed by atoms with Crippen molar-refractivity contribution in [1.82, 2.24) is 25.1 Å². The lowest BCUT2D eigenvalue weighted by molar-refractivity contribution is 0.169. The van der Waals surface area contributed by atoms with Crippen LogP contribution in [-0.2, 0) is 6.54 Å². The highest BCUT2D eigenvalue weighted by molar-refractivity contribution is 7.09. The van der Waals surface area contributed by atoms with Crippen molar-refractivity contribution in [3.05, 3.63) is 57.5 Å². The van der Waals surface area contributed by atoms with Crippen molar-refractivity contribution < 1.29 is 0 Å². The SMILES string of the molecule is CCC(c1nnnn1Cc1cccs1)N1CCN(c2cccc(C)c2C)CC1. The quantitative estimate of drug-likeness (QED) is 0.636. The molecule has 1 unspecified atom stereocenters. The Bertz CT molecular complexity index is 896. The zero-order valence-electron chi connectivity index (χ0n) is 16.9. The minimum Gasteiger partial charge on any atom is -0.369 e. The smallest absolute Gasteiger partial charge is 0.168 e. The molecule has 0 radical (unpaired) electrons. The maximum atomic E-state index is 4.40. The predicted molar refractivity (Wildman–Crippen MR) is 114 cm³/mol. The van der Waals surface area contributed by atoms with Crippen LogP contribution in [-0.4, -0.2) is 51.3 Å². The number of piperazine rings is 1. The van der Waals surface area contributed by atoms with Crippen molar-refractivity contribution >= 4 is 17.0 Å². The van der Waals surface area contributed by atoms with E-state index >= 15 is 0 Å². The molecule has 1 atom stereocenters. The first-order valence-corrected chi connectivity index (χ1v) is 10.9. The maximum Gasteiger partial charge on any atom is 0.168 e. The molecular weight excluding hydrogens is 368 g/mol. The highest BCUT2D eigenvalue weighted by Crippen LogP contribution is 2.28. The topological polar surface area (TPSA) is 50.1 Å². The molecule has 0 saturated carbocycles. The number of benzene rings is 1. The molecule has 0 spiro atoms. The fourth-order valence-corrected chi connectivity index (χ4v) is 4.76. The molecule has 3 heterocycles. The number of hydrogen-bond acceptors (Lipinski definition) is 6. The second-order valence-electron chi connectivity index (χ2n) is 7.44. The van der Waals surface area contributed by atoms with Gasteiger partial charge in [0.1, 0.15) is 0 Å². The molecule has 0 N–H and O–H groups in total. The van der Waals surface area contributed by atoms with Crippen molar-refractivity contribution in [1.29, 1.82) is 0 Å². The summed E-state index contributed by atoms with van der Waals surface area (Å²) in [5.41, 5.74) is 4.12. The van der Waals surface area contributed by atoms with E-state index in [2.05, 4.69) is 81.8 Å². The summed E-state index contributed by atoms with van der Waals surface area (Å²) >= 11 is 1.75. The Kier molecular flexibility index (Phi) is 5.73. The van der Waals surface area contributed by atoms with Gasteiger partial charge >= 0.3 is 0 Å². The number of aryl methyl sites for hydroxylation is 1. The monoisotopic (exact) mass is 396 g/mol. The van der Waals surface area contributed by atoms with Crippen LogP contribution in [0.15, 0.2) is 35.7 Å². The predicted octanol–water partition coefficient (Wildman–Crippen LogP) is 3.67. The van der Waals surface area contributed by atoms with Crippen LogP contribution >= 0.6 is 11.3 Å². The van der Waals surface area contributed by atoms with Crippen LogP contribution < -0.4 is 4.90 Å². The number of thiophene rings is 1. The molecular formula is C21H28N6S. The number of nitrogens with zero attached hydrogens (tertiary/aromatic N) is 6. The van der Waals surface area contributed by atoms with Gasteiger partial charge in [0.05, 0.1) is 12.6 Å². The van der Waals surface area contributed by atoms with E-state index in [1.807, 2.05) is 4.68 Å². The first kappa shape index (κ1) is 19.1. The van der Waals surface area contributed by atoms with Gasteiger partial charge in [0.15, 0.2) is 5.82 Å². The van der Waals surface area contributed by atoms with Gasteiger partial charge in [-0.2, -0.15) is 0 Å². The normalized spacial score (nSPS) is 16.5. The van der Waals surface area contributed by atoms with Crippen LogP contribution in [0.2, 0.25) is 0 Å². The van der Waals surface area contributed by atoms with E-state index < -0.39 is 0 Å². The Morgan fingerprint density at radius 1 is 1.07 bits per heavy atom. The molecule has 0 aliphatic carbocycles. The minimum absolute atomic E-state index is 0.260.